The van der Waals surface area contributed by atoms with Crippen molar-refractivity contribution >= 4 is 5.97 Å². The molecule has 0 amide bonds. The lowest BCUT2D eigenvalue weighted by Crippen LogP contribution is -2.24. The summed E-state index contributed by atoms with van der Waals surface area (Å²) in [4.78, 5) is 10.8. The maximum absolute atomic E-state index is 10.8. The molecule has 1 aliphatic carbocycles. The van der Waals surface area contributed by atoms with Crippen LogP contribution in [0, 0.1) is 0 Å². The Hall–Kier alpha value is -1.51. The molecule has 0 aromatic carbocycles. The highest BCUT2D eigenvalue weighted by Crippen LogP contribution is 2.24. The first kappa shape index (κ1) is 7.16. The van der Waals surface area contributed by atoms with Gasteiger partial charge in [-0.1, -0.05) is 6.08 Å². The molecule has 0 saturated carbocycles. The van der Waals surface area contributed by atoms with Gasteiger partial charge in [-0.25, -0.2) is 4.79 Å². The third kappa shape index (κ3) is 1.13. The molecule has 0 bridgehead atoms. The molecule has 0 aromatic heterocycles. The van der Waals surface area contributed by atoms with Crippen molar-refractivity contribution in [2.75, 3.05) is 0 Å². The van der Waals surface area contributed by atoms with Crippen LogP contribution in [0.3, 0.4) is 0 Å². The molecule has 1 N–H and O–H groups in total. The molecule has 1 aliphatic heterocycles. The van der Waals surface area contributed by atoms with Gasteiger partial charge in [0, 0.05) is 12.5 Å². The molecular formula is C9H8O3. The number of aliphatic hydroxyl groups excluding tert-OH is 1. The van der Waals surface area contributed by atoms with Crippen LogP contribution >= 0.6 is 0 Å². The summed E-state index contributed by atoms with van der Waals surface area (Å²) in [6.07, 6.45) is 6.59. The summed E-state index contributed by atoms with van der Waals surface area (Å²) in [5.74, 6) is -0.0845. The van der Waals surface area contributed by atoms with Gasteiger partial charge in [0.15, 0.2) is 0 Å². The van der Waals surface area contributed by atoms with Gasteiger partial charge in [0.05, 0.1) is 5.76 Å². The van der Waals surface area contributed by atoms with E-state index in [0.717, 1.165) is 5.57 Å². The quantitative estimate of drug-likeness (QED) is 0.548. The van der Waals surface area contributed by atoms with Crippen molar-refractivity contribution in [1.29, 1.82) is 0 Å². The molecule has 0 radical (unpaired) electrons. The van der Waals surface area contributed by atoms with Crippen LogP contribution in [0.5, 0.6) is 0 Å². The highest BCUT2D eigenvalue weighted by molar-refractivity contribution is 5.84. The predicted molar refractivity (Wildman–Crippen MR) is 42.4 cm³/mol. The number of aliphatic hydroxyl groups is 1. The van der Waals surface area contributed by atoms with Gasteiger partial charge in [-0.2, -0.15) is 0 Å². The van der Waals surface area contributed by atoms with Crippen molar-refractivity contribution in [3.63, 3.8) is 0 Å². The average molecular weight is 164 g/mol. The van der Waals surface area contributed by atoms with Crippen molar-refractivity contribution in [1.82, 2.24) is 0 Å². The smallest absolute Gasteiger partial charge is 0.331 e. The summed E-state index contributed by atoms with van der Waals surface area (Å²) in [5, 5.41) is 9.14. The number of allylic oxidation sites excluding steroid dienone is 2. The van der Waals surface area contributed by atoms with Gasteiger partial charge in [-0.05, 0) is 17.7 Å². The number of fused-ring (bicyclic) bond motifs is 1. The first-order valence-corrected chi connectivity index (χ1v) is 3.74. The number of rotatable bonds is 0. The van der Waals surface area contributed by atoms with E-state index in [1.807, 2.05) is 0 Å². The monoisotopic (exact) mass is 164 g/mol. The van der Waals surface area contributed by atoms with Crippen LogP contribution in [-0.4, -0.2) is 17.2 Å². The van der Waals surface area contributed by atoms with Crippen LogP contribution in [0.15, 0.2) is 35.6 Å². The summed E-state index contributed by atoms with van der Waals surface area (Å²) in [6.45, 7) is 0. The van der Waals surface area contributed by atoms with E-state index >= 15 is 0 Å². The average Bonchev–Trinajstić information content (AvgIpc) is 2.03. The second-order valence-corrected chi connectivity index (χ2v) is 2.79. The zero-order chi connectivity index (χ0) is 8.55. The number of hydrogen-bond acceptors (Lipinski definition) is 3. The van der Waals surface area contributed by atoms with Gasteiger partial charge in [-0.3, -0.25) is 0 Å². The first-order valence-electron chi connectivity index (χ1n) is 3.74. The highest BCUT2D eigenvalue weighted by atomic mass is 16.5. The van der Waals surface area contributed by atoms with E-state index in [1.54, 1.807) is 18.2 Å². The molecule has 0 saturated heterocycles. The van der Waals surface area contributed by atoms with Crippen molar-refractivity contribution in [2.24, 2.45) is 0 Å². The van der Waals surface area contributed by atoms with Crippen LogP contribution < -0.4 is 0 Å². The van der Waals surface area contributed by atoms with Crippen LogP contribution in [0.2, 0.25) is 0 Å². The number of carbonyl (C=O) groups excluding carboxylic acids is 1. The van der Waals surface area contributed by atoms with Crippen LogP contribution in [-0.2, 0) is 9.53 Å². The molecule has 3 heteroatoms. The van der Waals surface area contributed by atoms with Gasteiger partial charge in [-0.15, -0.1) is 0 Å². The van der Waals surface area contributed by atoms with Gasteiger partial charge >= 0.3 is 5.97 Å². The fraction of sp³-hybridized carbons (Fsp3) is 0.222. The van der Waals surface area contributed by atoms with E-state index < -0.39 is 0 Å². The van der Waals surface area contributed by atoms with E-state index in [1.165, 1.54) is 6.08 Å². The molecule has 0 fully saturated rings. The third-order valence-electron chi connectivity index (χ3n) is 1.90. The molecule has 3 nitrogen and oxygen atoms in total. The SMILES string of the molecule is O=C1C=CC2=CC=C(O)CC2O1. The maximum atomic E-state index is 10.8. The lowest BCUT2D eigenvalue weighted by molar-refractivity contribution is -0.142. The Kier molecular flexibility index (Phi) is 1.50. The lowest BCUT2D eigenvalue weighted by Gasteiger charge is -2.23. The van der Waals surface area contributed by atoms with E-state index in [9.17, 15) is 4.79 Å². The maximum Gasteiger partial charge on any atom is 0.331 e. The normalized spacial score (nSPS) is 27.0. The largest absolute Gasteiger partial charge is 0.512 e. The van der Waals surface area contributed by atoms with Gasteiger partial charge in [0.1, 0.15) is 6.10 Å². The number of carbonyl (C=O) groups is 1. The number of ether oxygens (including phenoxy) is 1. The van der Waals surface area contributed by atoms with Crippen molar-refractivity contribution in [3.8, 4) is 0 Å². The molecule has 1 unspecified atom stereocenters. The number of hydrogen-bond donors (Lipinski definition) is 1. The van der Waals surface area contributed by atoms with Gasteiger partial charge in [0.25, 0.3) is 0 Å². The second-order valence-electron chi connectivity index (χ2n) is 2.79. The van der Waals surface area contributed by atoms with E-state index in [-0.39, 0.29) is 17.8 Å². The highest BCUT2D eigenvalue weighted by Gasteiger charge is 2.23. The Bertz CT molecular complexity index is 310. The topological polar surface area (TPSA) is 46.5 Å². The summed E-state index contributed by atoms with van der Waals surface area (Å²) in [5.41, 5.74) is 0.937. The van der Waals surface area contributed by atoms with E-state index in [4.69, 9.17) is 9.84 Å². The zero-order valence-corrected chi connectivity index (χ0v) is 6.36. The summed E-state index contributed by atoms with van der Waals surface area (Å²) in [6, 6.07) is 0. The van der Waals surface area contributed by atoms with Gasteiger partial charge in [0.2, 0.25) is 0 Å². The third-order valence-corrected chi connectivity index (χ3v) is 1.90. The number of esters is 1. The minimum atomic E-state index is -0.341. The van der Waals surface area contributed by atoms with Gasteiger partial charge < -0.3 is 9.84 Å². The Balaban J connectivity index is 2.31. The molecule has 62 valence electrons. The standard InChI is InChI=1S/C9H8O3/c10-7-3-1-6-2-4-9(11)12-8(6)5-7/h1-4,8,10H,5H2. The minimum Gasteiger partial charge on any atom is -0.512 e. The Morgan fingerprint density at radius 1 is 1.42 bits per heavy atom. The minimum absolute atomic E-state index is 0.256. The zero-order valence-electron chi connectivity index (χ0n) is 6.36. The van der Waals surface area contributed by atoms with Crippen LogP contribution in [0.25, 0.3) is 0 Å². The molecule has 2 aliphatic rings. The Morgan fingerprint density at radius 3 is 3.08 bits per heavy atom. The Morgan fingerprint density at radius 2 is 2.25 bits per heavy atom. The Labute approximate surface area is 69.6 Å². The molecule has 0 spiro atoms. The second kappa shape index (κ2) is 2.52. The summed E-state index contributed by atoms with van der Waals surface area (Å²) in [7, 11) is 0. The summed E-state index contributed by atoms with van der Waals surface area (Å²) >= 11 is 0. The van der Waals surface area contributed by atoms with Crippen molar-refractivity contribution in [2.45, 2.75) is 12.5 Å². The predicted octanol–water partition coefficient (Wildman–Crippen LogP) is 1.24. The molecule has 12 heavy (non-hydrogen) atoms. The lowest BCUT2D eigenvalue weighted by atomic mass is 9.98. The molecular weight excluding hydrogens is 156 g/mol. The molecule has 1 atom stereocenters. The fourth-order valence-electron chi connectivity index (χ4n) is 1.29. The molecule has 0 aromatic rings. The summed E-state index contributed by atoms with van der Waals surface area (Å²) < 4.78 is 4.97. The van der Waals surface area contributed by atoms with Crippen LogP contribution in [0.1, 0.15) is 6.42 Å². The fourth-order valence-corrected chi connectivity index (χ4v) is 1.29. The van der Waals surface area contributed by atoms with Crippen molar-refractivity contribution in [3.05, 3.63) is 35.6 Å². The van der Waals surface area contributed by atoms with E-state index in [2.05, 4.69) is 0 Å². The van der Waals surface area contributed by atoms with E-state index in [0.29, 0.717) is 6.42 Å². The molecule has 1 heterocycles. The molecule has 2 rings (SSSR count). The van der Waals surface area contributed by atoms with Crippen LogP contribution in [0.4, 0.5) is 0 Å². The van der Waals surface area contributed by atoms with Crippen molar-refractivity contribution < 1.29 is 14.6 Å². The first-order chi connectivity index (χ1) is 5.75.